The van der Waals surface area contributed by atoms with Crippen molar-refractivity contribution in [1.29, 1.82) is 0 Å². The van der Waals surface area contributed by atoms with Gasteiger partial charge in [0.25, 0.3) is 5.91 Å². The van der Waals surface area contributed by atoms with Gasteiger partial charge in [0.15, 0.2) is 5.78 Å². The molecule has 7 nitrogen and oxygen atoms in total. The lowest BCUT2D eigenvalue weighted by Gasteiger charge is -2.34. The van der Waals surface area contributed by atoms with E-state index in [1.165, 1.54) is 37.3 Å². The van der Waals surface area contributed by atoms with Gasteiger partial charge in [0.2, 0.25) is 5.91 Å². The Morgan fingerprint density at radius 3 is 2.03 bits per heavy atom. The Bertz CT molecular complexity index is 958. The Morgan fingerprint density at radius 1 is 0.862 bits per heavy atom. The number of carbonyl (C=O) groups excluding carboxylic acids is 3. The molecule has 0 unspecified atom stereocenters. The molecule has 1 aliphatic rings. The highest BCUT2D eigenvalue weighted by atomic mass is 16.3. The normalized spacial score (nSPS) is 14.2. The number of nitrogens with zero attached hydrogens (tertiary/aromatic N) is 2. The Labute approximate surface area is 168 Å². The maximum Gasteiger partial charge on any atom is 0.253 e. The summed E-state index contributed by atoms with van der Waals surface area (Å²) in [7, 11) is 0. The van der Waals surface area contributed by atoms with Gasteiger partial charge >= 0.3 is 0 Å². The van der Waals surface area contributed by atoms with Crippen molar-refractivity contribution in [2.24, 2.45) is 0 Å². The van der Waals surface area contributed by atoms with Crippen molar-refractivity contribution in [2.45, 2.75) is 6.92 Å². The first kappa shape index (κ1) is 20.1. The van der Waals surface area contributed by atoms with Crippen molar-refractivity contribution in [1.82, 2.24) is 9.80 Å². The number of phenols is 2. The Morgan fingerprint density at radius 2 is 1.45 bits per heavy atom. The number of rotatable bonds is 4. The molecule has 1 aliphatic heterocycles. The molecular formula is C22H22N2O5. The highest BCUT2D eigenvalue weighted by Crippen LogP contribution is 2.23. The average molecular weight is 394 g/mol. The van der Waals surface area contributed by atoms with Crippen LogP contribution in [0.25, 0.3) is 6.08 Å². The third-order valence-corrected chi connectivity index (χ3v) is 4.84. The summed E-state index contributed by atoms with van der Waals surface area (Å²) >= 11 is 0. The molecule has 7 heteroatoms. The fourth-order valence-corrected chi connectivity index (χ4v) is 3.10. The third kappa shape index (κ3) is 4.82. The van der Waals surface area contributed by atoms with E-state index < -0.39 is 0 Å². The molecule has 0 saturated carbocycles. The van der Waals surface area contributed by atoms with Crippen LogP contribution in [0.4, 0.5) is 0 Å². The number of carbonyl (C=O) groups is 3. The summed E-state index contributed by atoms with van der Waals surface area (Å²) in [6, 6.07) is 10.7. The maximum atomic E-state index is 12.6. The largest absolute Gasteiger partial charge is 0.508 e. The summed E-state index contributed by atoms with van der Waals surface area (Å²) in [6.45, 7) is 3.11. The number of phenolic OH excluding ortho intramolecular Hbond substituents is 2. The van der Waals surface area contributed by atoms with Gasteiger partial charge in [-0.3, -0.25) is 14.4 Å². The van der Waals surface area contributed by atoms with Crippen molar-refractivity contribution in [3.05, 3.63) is 65.2 Å². The molecule has 2 aromatic rings. The van der Waals surface area contributed by atoms with Gasteiger partial charge in [-0.2, -0.15) is 0 Å². The zero-order chi connectivity index (χ0) is 21.0. The molecule has 2 aromatic carbocycles. The minimum atomic E-state index is -0.213. The van der Waals surface area contributed by atoms with Crippen LogP contribution in [-0.4, -0.2) is 63.8 Å². The van der Waals surface area contributed by atoms with Crippen LogP contribution in [0, 0.1) is 0 Å². The number of amides is 2. The Kier molecular flexibility index (Phi) is 5.97. The second-order valence-electron chi connectivity index (χ2n) is 6.83. The SMILES string of the molecule is CC(=O)c1ccc(C(=O)N2CCN(C(=O)/C=C/c3ccc(O)cc3O)CC2)cc1. The van der Waals surface area contributed by atoms with Crippen LogP contribution in [0.2, 0.25) is 0 Å². The van der Waals surface area contributed by atoms with Crippen LogP contribution in [-0.2, 0) is 4.79 Å². The summed E-state index contributed by atoms with van der Waals surface area (Å²) in [6.07, 6.45) is 2.86. The number of benzene rings is 2. The lowest BCUT2D eigenvalue weighted by Crippen LogP contribution is -2.50. The first-order chi connectivity index (χ1) is 13.8. The van der Waals surface area contributed by atoms with E-state index >= 15 is 0 Å². The molecule has 3 rings (SSSR count). The first-order valence-electron chi connectivity index (χ1n) is 9.24. The summed E-state index contributed by atoms with van der Waals surface area (Å²) < 4.78 is 0. The molecular weight excluding hydrogens is 372 g/mol. The van der Waals surface area contributed by atoms with Crippen molar-refractivity contribution in [3.63, 3.8) is 0 Å². The fraction of sp³-hybridized carbons (Fsp3) is 0.227. The van der Waals surface area contributed by atoms with Gasteiger partial charge < -0.3 is 20.0 Å². The molecule has 2 N–H and O–H groups in total. The van der Waals surface area contributed by atoms with Crippen LogP contribution in [0.1, 0.15) is 33.2 Å². The molecule has 0 bridgehead atoms. The van der Waals surface area contributed by atoms with E-state index in [9.17, 15) is 24.6 Å². The van der Waals surface area contributed by atoms with Crippen LogP contribution in [0.5, 0.6) is 11.5 Å². The fourth-order valence-electron chi connectivity index (χ4n) is 3.10. The monoisotopic (exact) mass is 394 g/mol. The first-order valence-corrected chi connectivity index (χ1v) is 9.24. The van der Waals surface area contributed by atoms with Crippen LogP contribution in [0.3, 0.4) is 0 Å². The van der Waals surface area contributed by atoms with E-state index in [4.69, 9.17) is 0 Å². The van der Waals surface area contributed by atoms with E-state index in [0.717, 1.165) is 0 Å². The van der Waals surface area contributed by atoms with Crippen LogP contribution < -0.4 is 0 Å². The smallest absolute Gasteiger partial charge is 0.253 e. The zero-order valence-corrected chi connectivity index (χ0v) is 16.0. The molecule has 0 aliphatic carbocycles. The number of Topliss-reactive ketones (excluding diaryl/α,β-unsaturated/α-hetero) is 1. The second kappa shape index (κ2) is 8.60. The van der Waals surface area contributed by atoms with E-state index in [0.29, 0.717) is 42.9 Å². The topological polar surface area (TPSA) is 98.2 Å². The molecule has 1 saturated heterocycles. The second-order valence-corrected chi connectivity index (χ2v) is 6.83. The molecule has 150 valence electrons. The molecule has 1 heterocycles. The number of hydrogen-bond donors (Lipinski definition) is 2. The van der Waals surface area contributed by atoms with Gasteiger partial charge in [-0.15, -0.1) is 0 Å². The van der Waals surface area contributed by atoms with E-state index in [2.05, 4.69) is 0 Å². The molecule has 1 fully saturated rings. The standard InChI is InChI=1S/C22H22N2O5/c1-15(25)16-2-4-18(5-3-16)22(29)24-12-10-23(11-13-24)21(28)9-7-17-6-8-19(26)14-20(17)27/h2-9,14,26-27H,10-13H2,1H3/b9-7+. The highest BCUT2D eigenvalue weighted by molar-refractivity contribution is 5.98. The lowest BCUT2D eigenvalue weighted by atomic mass is 10.1. The van der Waals surface area contributed by atoms with Gasteiger partial charge in [0.05, 0.1) is 0 Å². The van der Waals surface area contributed by atoms with Gasteiger partial charge in [-0.1, -0.05) is 12.1 Å². The quantitative estimate of drug-likeness (QED) is 0.613. The van der Waals surface area contributed by atoms with E-state index in [1.807, 2.05) is 0 Å². The summed E-state index contributed by atoms with van der Waals surface area (Å²) in [5, 5.41) is 19.1. The average Bonchev–Trinajstić information content (AvgIpc) is 2.72. The maximum absolute atomic E-state index is 12.6. The zero-order valence-electron chi connectivity index (χ0n) is 16.0. The Hall–Kier alpha value is -3.61. The minimum Gasteiger partial charge on any atom is -0.508 e. The van der Waals surface area contributed by atoms with E-state index in [1.54, 1.807) is 34.1 Å². The van der Waals surface area contributed by atoms with Gasteiger partial charge in [-0.05, 0) is 37.3 Å². The van der Waals surface area contributed by atoms with Gasteiger partial charge in [0, 0.05) is 55.0 Å². The van der Waals surface area contributed by atoms with Crippen molar-refractivity contribution >= 4 is 23.7 Å². The number of hydrogen-bond acceptors (Lipinski definition) is 5. The predicted octanol–water partition coefficient (Wildman–Crippen LogP) is 2.30. The highest BCUT2D eigenvalue weighted by Gasteiger charge is 2.24. The van der Waals surface area contributed by atoms with Gasteiger partial charge in [0.1, 0.15) is 11.5 Å². The number of ketones is 1. The summed E-state index contributed by atoms with van der Waals surface area (Å²) in [5.74, 6) is -0.556. The molecule has 0 atom stereocenters. The molecule has 0 spiro atoms. The van der Waals surface area contributed by atoms with Crippen molar-refractivity contribution in [2.75, 3.05) is 26.2 Å². The molecule has 29 heavy (non-hydrogen) atoms. The number of piperazine rings is 1. The van der Waals surface area contributed by atoms with Crippen LogP contribution >= 0.6 is 0 Å². The summed E-state index contributed by atoms with van der Waals surface area (Å²) in [4.78, 5) is 39.6. The van der Waals surface area contributed by atoms with E-state index in [-0.39, 0.29) is 29.1 Å². The molecule has 2 amide bonds. The molecule has 0 radical (unpaired) electrons. The third-order valence-electron chi connectivity index (χ3n) is 4.84. The molecule has 0 aromatic heterocycles. The van der Waals surface area contributed by atoms with Crippen molar-refractivity contribution < 1.29 is 24.6 Å². The minimum absolute atomic E-state index is 0.0511. The summed E-state index contributed by atoms with van der Waals surface area (Å²) in [5.41, 5.74) is 1.50. The predicted molar refractivity (Wildman–Crippen MR) is 108 cm³/mol. The Balaban J connectivity index is 1.56. The number of aromatic hydroxyl groups is 2. The van der Waals surface area contributed by atoms with Crippen LogP contribution in [0.15, 0.2) is 48.5 Å². The van der Waals surface area contributed by atoms with Gasteiger partial charge in [-0.25, -0.2) is 0 Å². The van der Waals surface area contributed by atoms with Crippen molar-refractivity contribution in [3.8, 4) is 11.5 Å². The lowest BCUT2D eigenvalue weighted by molar-refractivity contribution is -0.127.